The Labute approximate surface area is 93.5 Å². The minimum atomic E-state index is -0.113. The highest BCUT2D eigenvalue weighted by atomic mass is 16.5. The third-order valence-electron chi connectivity index (χ3n) is 2.10. The van der Waals surface area contributed by atoms with Gasteiger partial charge in [-0.3, -0.25) is 0 Å². The average molecular weight is 216 g/mol. The number of aromatic nitrogens is 2. The van der Waals surface area contributed by atoms with Crippen LogP contribution >= 0.6 is 0 Å². The molecule has 0 amide bonds. The van der Waals surface area contributed by atoms with Gasteiger partial charge in [0.05, 0.1) is 12.3 Å². The van der Waals surface area contributed by atoms with Gasteiger partial charge in [-0.1, -0.05) is 17.7 Å². The van der Waals surface area contributed by atoms with Crippen molar-refractivity contribution in [1.29, 1.82) is 0 Å². The molecule has 0 radical (unpaired) electrons. The SMILES string of the molecule is Cc1ccc(Oc2ccc(CO)nn2)cc1. The van der Waals surface area contributed by atoms with E-state index in [0.29, 0.717) is 11.6 Å². The first kappa shape index (κ1) is 10.6. The topological polar surface area (TPSA) is 55.2 Å². The van der Waals surface area contributed by atoms with Crippen molar-refractivity contribution >= 4 is 0 Å². The summed E-state index contributed by atoms with van der Waals surface area (Å²) >= 11 is 0. The molecule has 2 rings (SSSR count). The standard InChI is InChI=1S/C12H12N2O2/c1-9-2-5-11(6-3-9)16-12-7-4-10(8-15)13-14-12/h2-7,15H,8H2,1H3. The van der Waals surface area contributed by atoms with Crippen LogP contribution in [0.5, 0.6) is 11.6 Å². The van der Waals surface area contributed by atoms with Crippen LogP contribution in [0.2, 0.25) is 0 Å². The average Bonchev–Trinajstić information content (AvgIpc) is 2.33. The van der Waals surface area contributed by atoms with Crippen LogP contribution in [-0.4, -0.2) is 15.3 Å². The summed E-state index contributed by atoms with van der Waals surface area (Å²) in [7, 11) is 0. The van der Waals surface area contributed by atoms with E-state index in [0.717, 1.165) is 5.75 Å². The molecule has 0 aliphatic carbocycles. The largest absolute Gasteiger partial charge is 0.438 e. The maximum atomic E-state index is 8.81. The monoisotopic (exact) mass is 216 g/mol. The number of nitrogens with zero attached hydrogens (tertiary/aromatic N) is 2. The van der Waals surface area contributed by atoms with Crippen LogP contribution < -0.4 is 4.74 Å². The molecule has 4 nitrogen and oxygen atoms in total. The molecule has 82 valence electrons. The molecule has 0 spiro atoms. The molecule has 0 bridgehead atoms. The number of ether oxygens (including phenoxy) is 1. The molecule has 1 N–H and O–H groups in total. The molecular weight excluding hydrogens is 204 g/mol. The summed E-state index contributed by atoms with van der Waals surface area (Å²) in [5.74, 6) is 1.14. The van der Waals surface area contributed by atoms with E-state index < -0.39 is 0 Å². The lowest BCUT2D eigenvalue weighted by atomic mass is 10.2. The number of rotatable bonds is 3. The Balaban J connectivity index is 2.11. The Hall–Kier alpha value is -1.94. The fraction of sp³-hybridized carbons (Fsp3) is 0.167. The summed E-state index contributed by atoms with van der Waals surface area (Å²) in [4.78, 5) is 0. The van der Waals surface area contributed by atoms with Crippen LogP contribution in [0.25, 0.3) is 0 Å². The Morgan fingerprint density at radius 1 is 1.06 bits per heavy atom. The van der Waals surface area contributed by atoms with E-state index in [1.807, 2.05) is 31.2 Å². The van der Waals surface area contributed by atoms with E-state index >= 15 is 0 Å². The number of aliphatic hydroxyl groups excluding tert-OH is 1. The molecule has 1 aromatic heterocycles. The number of aliphatic hydroxyl groups is 1. The number of aryl methyl sites for hydroxylation is 1. The molecule has 0 atom stereocenters. The maximum absolute atomic E-state index is 8.81. The van der Waals surface area contributed by atoms with E-state index in [-0.39, 0.29) is 6.61 Å². The first-order chi connectivity index (χ1) is 7.78. The van der Waals surface area contributed by atoms with Crippen molar-refractivity contribution in [3.05, 3.63) is 47.7 Å². The van der Waals surface area contributed by atoms with Gasteiger partial charge < -0.3 is 9.84 Å². The van der Waals surface area contributed by atoms with Crippen molar-refractivity contribution in [2.24, 2.45) is 0 Å². The molecule has 0 saturated heterocycles. The van der Waals surface area contributed by atoms with Crippen LogP contribution in [0.1, 0.15) is 11.3 Å². The van der Waals surface area contributed by atoms with Gasteiger partial charge >= 0.3 is 0 Å². The van der Waals surface area contributed by atoms with Crippen molar-refractivity contribution in [2.75, 3.05) is 0 Å². The summed E-state index contributed by atoms with van der Waals surface area (Å²) in [5.41, 5.74) is 1.70. The highest BCUT2D eigenvalue weighted by Gasteiger charge is 1.99. The van der Waals surface area contributed by atoms with Gasteiger partial charge in [-0.15, -0.1) is 10.2 Å². The molecular formula is C12H12N2O2. The Kier molecular flexibility index (Phi) is 3.12. The van der Waals surface area contributed by atoms with Crippen LogP contribution in [0, 0.1) is 6.92 Å². The minimum absolute atomic E-state index is 0.113. The van der Waals surface area contributed by atoms with E-state index in [1.165, 1.54) is 5.56 Å². The zero-order valence-electron chi connectivity index (χ0n) is 8.92. The highest BCUT2D eigenvalue weighted by Crippen LogP contribution is 2.18. The van der Waals surface area contributed by atoms with Gasteiger partial charge in [-0.05, 0) is 25.1 Å². The second kappa shape index (κ2) is 4.72. The van der Waals surface area contributed by atoms with Crippen molar-refractivity contribution in [3.63, 3.8) is 0 Å². The first-order valence-corrected chi connectivity index (χ1v) is 4.96. The fourth-order valence-electron chi connectivity index (χ4n) is 1.21. The van der Waals surface area contributed by atoms with Gasteiger partial charge in [0.15, 0.2) is 0 Å². The summed E-state index contributed by atoms with van der Waals surface area (Å²) in [6.45, 7) is 1.90. The maximum Gasteiger partial charge on any atom is 0.238 e. The van der Waals surface area contributed by atoms with Crippen molar-refractivity contribution in [3.8, 4) is 11.6 Å². The van der Waals surface area contributed by atoms with Crippen LogP contribution in [0.3, 0.4) is 0 Å². The number of hydrogen-bond donors (Lipinski definition) is 1. The Morgan fingerprint density at radius 3 is 2.38 bits per heavy atom. The van der Waals surface area contributed by atoms with Crippen LogP contribution in [-0.2, 0) is 6.61 Å². The molecule has 1 heterocycles. The first-order valence-electron chi connectivity index (χ1n) is 4.96. The zero-order chi connectivity index (χ0) is 11.4. The quantitative estimate of drug-likeness (QED) is 0.853. The van der Waals surface area contributed by atoms with Crippen LogP contribution in [0.4, 0.5) is 0 Å². The molecule has 0 fully saturated rings. The van der Waals surface area contributed by atoms with Gasteiger partial charge in [0.25, 0.3) is 0 Å². The second-order valence-electron chi connectivity index (χ2n) is 3.44. The summed E-state index contributed by atoms with van der Waals surface area (Å²) in [6.07, 6.45) is 0. The lowest BCUT2D eigenvalue weighted by Crippen LogP contribution is -1.94. The molecule has 0 aliphatic heterocycles. The molecule has 4 heteroatoms. The molecule has 16 heavy (non-hydrogen) atoms. The van der Waals surface area contributed by atoms with Gasteiger partial charge in [0, 0.05) is 6.07 Å². The molecule has 0 saturated carbocycles. The fourth-order valence-corrected chi connectivity index (χ4v) is 1.21. The van der Waals surface area contributed by atoms with Crippen molar-refractivity contribution in [2.45, 2.75) is 13.5 Å². The van der Waals surface area contributed by atoms with E-state index in [4.69, 9.17) is 9.84 Å². The second-order valence-corrected chi connectivity index (χ2v) is 3.44. The summed E-state index contributed by atoms with van der Waals surface area (Å²) in [6, 6.07) is 11.0. The smallest absolute Gasteiger partial charge is 0.238 e. The number of hydrogen-bond acceptors (Lipinski definition) is 4. The summed E-state index contributed by atoms with van der Waals surface area (Å²) in [5, 5.41) is 16.4. The molecule has 1 aromatic carbocycles. The molecule has 0 aliphatic rings. The van der Waals surface area contributed by atoms with E-state index in [1.54, 1.807) is 12.1 Å². The number of benzene rings is 1. The lowest BCUT2D eigenvalue weighted by molar-refractivity contribution is 0.274. The van der Waals surface area contributed by atoms with Crippen molar-refractivity contribution in [1.82, 2.24) is 10.2 Å². The predicted octanol–water partition coefficient (Wildman–Crippen LogP) is 2.07. The van der Waals surface area contributed by atoms with E-state index in [9.17, 15) is 0 Å². The normalized spacial score (nSPS) is 10.1. The van der Waals surface area contributed by atoms with Gasteiger partial charge in [-0.25, -0.2) is 0 Å². The lowest BCUT2D eigenvalue weighted by Gasteiger charge is -2.04. The van der Waals surface area contributed by atoms with Crippen LogP contribution in [0.15, 0.2) is 36.4 Å². The third-order valence-corrected chi connectivity index (χ3v) is 2.10. The van der Waals surface area contributed by atoms with Gasteiger partial charge in [-0.2, -0.15) is 0 Å². The summed E-state index contributed by atoms with van der Waals surface area (Å²) < 4.78 is 5.48. The highest BCUT2D eigenvalue weighted by molar-refractivity contribution is 5.29. The Morgan fingerprint density at radius 2 is 1.81 bits per heavy atom. The van der Waals surface area contributed by atoms with Gasteiger partial charge in [0.1, 0.15) is 5.75 Å². The Bertz CT molecular complexity index is 451. The van der Waals surface area contributed by atoms with Crippen molar-refractivity contribution < 1.29 is 9.84 Å². The van der Waals surface area contributed by atoms with E-state index in [2.05, 4.69) is 10.2 Å². The molecule has 0 unspecified atom stereocenters. The molecule has 2 aromatic rings. The third kappa shape index (κ3) is 2.55. The predicted molar refractivity (Wildman–Crippen MR) is 59.2 cm³/mol. The minimum Gasteiger partial charge on any atom is -0.438 e. The van der Waals surface area contributed by atoms with Gasteiger partial charge in [0.2, 0.25) is 5.88 Å². The zero-order valence-corrected chi connectivity index (χ0v) is 8.92.